The summed E-state index contributed by atoms with van der Waals surface area (Å²) in [6, 6.07) is 0. The largest absolute Gasteiger partial charge is 0.290 e. The molecular formula is C21H38O. The lowest BCUT2D eigenvalue weighted by Gasteiger charge is -2.24. The van der Waals surface area contributed by atoms with Crippen LogP contribution in [0.1, 0.15) is 93.9 Å². The zero-order valence-electron chi connectivity index (χ0n) is 16.3. The molecule has 0 saturated heterocycles. The Hall–Kier alpha value is -0.850. The molecule has 0 amide bonds. The Kier molecular flexibility index (Phi) is 8.96. The lowest BCUT2D eigenvalue weighted by Crippen LogP contribution is -2.13. The number of hydrogen-bond acceptors (Lipinski definition) is 1. The highest BCUT2D eigenvalue weighted by molar-refractivity contribution is 6.00. The molecule has 0 radical (unpaired) electrons. The lowest BCUT2D eigenvalue weighted by atomic mass is 9.81. The van der Waals surface area contributed by atoms with Crippen molar-refractivity contribution < 1.29 is 4.79 Å². The molecule has 128 valence electrons. The molecule has 1 nitrogen and oxygen atoms in total. The second kappa shape index (κ2) is 9.33. The van der Waals surface area contributed by atoms with Crippen molar-refractivity contribution in [1.29, 1.82) is 0 Å². The summed E-state index contributed by atoms with van der Waals surface area (Å²) in [6.07, 6.45) is 10.5. The van der Waals surface area contributed by atoms with Crippen LogP contribution in [0.5, 0.6) is 0 Å². The van der Waals surface area contributed by atoms with Gasteiger partial charge in [0.1, 0.15) is 0 Å². The highest BCUT2D eigenvalue weighted by Crippen LogP contribution is 2.31. The van der Waals surface area contributed by atoms with E-state index >= 15 is 0 Å². The molecule has 0 unspecified atom stereocenters. The fourth-order valence-electron chi connectivity index (χ4n) is 2.45. The topological polar surface area (TPSA) is 17.1 Å². The van der Waals surface area contributed by atoms with Crippen molar-refractivity contribution in [3.63, 3.8) is 0 Å². The molecule has 0 aromatic heterocycles. The van der Waals surface area contributed by atoms with Gasteiger partial charge in [0, 0.05) is 0 Å². The number of ketones is 1. The highest BCUT2D eigenvalue weighted by atomic mass is 16.1. The standard InChI is InChI=1S/C21H38O/c1-9-11-13-17(20(3,4)5)15-19(22)16-18(14-12-10-2)21(6,7)8/h15-16H,9-14H2,1-8H3. The molecule has 0 aliphatic heterocycles. The minimum Gasteiger partial charge on any atom is -0.290 e. The molecule has 0 heterocycles. The van der Waals surface area contributed by atoms with E-state index in [1.165, 1.54) is 24.0 Å². The van der Waals surface area contributed by atoms with E-state index in [0.29, 0.717) is 0 Å². The SMILES string of the molecule is CCCCC(=CC(=O)C=C(CCCC)C(C)(C)C)C(C)(C)C. The maximum atomic E-state index is 12.5. The van der Waals surface area contributed by atoms with Crippen LogP contribution in [0.4, 0.5) is 0 Å². The molecule has 0 aromatic rings. The van der Waals surface area contributed by atoms with E-state index in [4.69, 9.17) is 0 Å². The predicted octanol–water partition coefficient (Wildman–Crippen LogP) is 6.88. The van der Waals surface area contributed by atoms with Crippen LogP contribution in [0, 0.1) is 10.8 Å². The maximum Gasteiger partial charge on any atom is 0.178 e. The molecule has 1 heteroatoms. The second-order valence-electron chi connectivity index (χ2n) is 8.45. The number of allylic oxidation sites excluding steroid dienone is 4. The Balaban J connectivity index is 5.31. The summed E-state index contributed by atoms with van der Waals surface area (Å²) in [5, 5.41) is 0. The number of carbonyl (C=O) groups is 1. The van der Waals surface area contributed by atoms with Gasteiger partial charge in [-0.05, 0) is 48.7 Å². The van der Waals surface area contributed by atoms with Gasteiger partial charge < -0.3 is 0 Å². The zero-order valence-corrected chi connectivity index (χ0v) is 16.3. The second-order valence-corrected chi connectivity index (χ2v) is 8.45. The first-order valence-electron chi connectivity index (χ1n) is 8.98. The molecule has 0 fully saturated rings. The van der Waals surface area contributed by atoms with Crippen LogP contribution in [-0.2, 0) is 4.79 Å². The van der Waals surface area contributed by atoms with Crippen molar-refractivity contribution in [1.82, 2.24) is 0 Å². The van der Waals surface area contributed by atoms with E-state index in [1.807, 2.05) is 12.2 Å². The molecule has 0 aliphatic carbocycles. The summed E-state index contributed by atoms with van der Waals surface area (Å²) in [7, 11) is 0. The normalized spacial score (nSPS) is 14.4. The predicted molar refractivity (Wildman–Crippen MR) is 99.1 cm³/mol. The van der Waals surface area contributed by atoms with Crippen molar-refractivity contribution >= 4 is 5.78 Å². The van der Waals surface area contributed by atoms with E-state index < -0.39 is 0 Å². The Bertz CT molecular complexity index is 359. The van der Waals surface area contributed by atoms with Gasteiger partial charge in [-0.1, -0.05) is 79.4 Å². The quantitative estimate of drug-likeness (QED) is 0.447. The van der Waals surface area contributed by atoms with Crippen molar-refractivity contribution in [2.45, 2.75) is 93.9 Å². The molecule has 0 aliphatic rings. The summed E-state index contributed by atoms with van der Waals surface area (Å²) in [4.78, 5) is 12.5. The third kappa shape index (κ3) is 8.56. The zero-order chi connectivity index (χ0) is 17.4. The molecule has 22 heavy (non-hydrogen) atoms. The van der Waals surface area contributed by atoms with Crippen LogP contribution in [0.15, 0.2) is 23.3 Å². The van der Waals surface area contributed by atoms with Crippen molar-refractivity contribution in [3.05, 3.63) is 23.3 Å². The third-order valence-electron chi connectivity index (χ3n) is 4.16. The van der Waals surface area contributed by atoms with Gasteiger partial charge in [0.2, 0.25) is 0 Å². The summed E-state index contributed by atoms with van der Waals surface area (Å²) in [6.45, 7) is 17.6. The number of carbonyl (C=O) groups excluding carboxylic acids is 1. The number of hydrogen-bond donors (Lipinski definition) is 0. The van der Waals surface area contributed by atoms with Gasteiger partial charge in [0.05, 0.1) is 0 Å². The van der Waals surface area contributed by atoms with Gasteiger partial charge in [0.15, 0.2) is 5.78 Å². The lowest BCUT2D eigenvalue weighted by molar-refractivity contribution is -0.110. The number of unbranched alkanes of at least 4 members (excludes halogenated alkanes) is 2. The molecule has 0 atom stereocenters. The van der Waals surface area contributed by atoms with Crippen LogP contribution in [-0.4, -0.2) is 5.78 Å². The van der Waals surface area contributed by atoms with Gasteiger partial charge in [-0.25, -0.2) is 0 Å². The van der Waals surface area contributed by atoms with Gasteiger partial charge in [-0.2, -0.15) is 0 Å². The Morgan fingerprint density at radius 2 is 1.05 bits per heavy atom. The molecule has 0 saturated carbocycles. The van der Waals surface area contributed by atoms with Crippen molar-refractivity contribution in [2.24, 2.45) is 10.8 Å². The molecular weight excluding hydrogens is 268 g/mol. The highest BCUT2D eigenvalue weighted by Gasteiger charge is 2.20. The average Bonchev–Trinajstić information content (AvgIpc) is 2.36. The summed E-state index contributed by atoms with van der Waals surface area (Å²) >= 11 is 0. The van der Waals surface area contributed by atoms with Gasteiger partial charge in [0.25, 0.3) is 0 Å². The summed E-state index contributed by atoms with van der Waals surface area (Å²) in [5.74, 6) is 0.169. The number of rotatable bonds is 8. The molecule has 0 N–H and O–H groups in total. The van der Waals surface area contributed by atoms with Crippen molar-refractivity contribution in [2.75, 3.05) is 0 Å². The van der Waals surface area contributed by atoms with E-state index in [9.17, 15) is 4.79 Å². The van der Waals surface area contributed by atoms with Crippen molar-refractivity contribution in [3.8, 4) is 0 Å². The van der Waals surface area contributed by atoms with Crippen LogP contribution >= 0.6 is 0 Å². The first kappa shape index (κ1) is 21.1. The first-order chi connectivity index (χ1) is 10.0. The third-order valence-corrected chi connectivity index (χ3v) is 4.16. The van der Waals surface area contributed by atoms with E-state index in [1.54, 1.807) is 0 Å². The fourth-order valence-corrected chi connectivity index (χ4v) is 2.45. The first-order valence-corrected chi connectivity index (χ1v) is 8.98. The van der Waals surface area contributed by atoms with Crippen LogP contribution < -0.4 is 0 Å². The van der Waals surface area contributed by atoms with Gasteiger partial charge in [-0.3, -0.25) is 4.79 Å². The van der Waals surface area contributed by atoms with Crippen LogP contribution in [0.25, 0.3) is 0 Å². The summed E-state index contributed by atoms with van der Waals surface area (Å²) in [5.41, 5.74) is 2.70. The van der Waals surface area contributed by atoms with Crippen LogP contribution in [0.3, 0.4) is 0 Å². The maximum absolute atomic E-state index is 12.5. The smallest absolute Gasteiger partial charge is 0.178 e. The van der Waals surface area contributed by atoms with Gasteiger partial charge >= 0.3 is 0 Å². The van der Waals surface area contributed by atoms with Gasteiger partial charge in [-0.15, -0.1) is 0 Å². The summed E-state index contributed by atoms with van der Waals surface area (Å²) < 4.78 is 0. The van der Waals surface area contributed by atoms with E-state index in [-0.39, 0.29) is 16.6 Å². The Morgan fingerprint density at radius 1 is 0.727 bits per heavy atom. The monoisotopic (exact) mass is 306 g/mol. The Labute approximate surface area is 139 Å². The fraction of sp³-hybridized carbons (Fsp3) is 0.762. The average molecular weight is 307 g/mol. The molecule has 0 bridgehead atoms. The van der Waals surface area contributed by atoms with E-state index in [2.05, 4.69) is 55.4 Å². The molecule has 0 aromatic carbocycles. The molecule has 0 spiro atoms. The minimum atomic E-state index is 0.0734. The molecule has 0 rings (SSSR count). The van der Waals surface area contributed by atoms with E-state index in [0.717, 1.165) is 25.7 Å². The minimum absolute atomic E-state index is 0.0734. The van der Waals surface area contributed by atoms with Crippen LogP contribution in [0.2, 0.25) is 0 Å². The Morgan fingerprint density at radius 3 is 1.27 bits per heavy atom.